The SMILES string of the molecule is C/C(CC1OCCO1)=C(/C(=O)c1ccc(F)cc1)c1ccncc1. The van der Waals surface area contributed by atoms with Crippen LogP contribution in [-0.4, -0.2) is 30.3 Å². The number of aromatic nitrogens is 1. The largest absolute Gasteiger partial charge is 0.350 e. The molecule has 1 aliphatic rings. The topological polar surface area (TPSA) is 48.4 Å². The van der Waals surface area contributed by atoms with Crippen LogP contribution in [0.3, 0.4) is 0 Å². The van der Waals surface area contributed by atoms with E-state index < -0.39 is 0 Å². The molecule has 124 valence electrons. The van der Waals surface area contributed by atoms with Crippen molar-refractivity contribution >= 4 is 11.4 Å². The number of hydrogen-bond acceptors (Lipinski definition) is 4. The van der Waals surface area contributed by atoms with E-state index >= 15 is 0 Å². The van der Waals surface area contributed by atoms with Gasteiger partial charge >= 0.3 is 0 Å². The summed E-state index contributed by atoms with van der Waals surface area (Å²) in [5.74, 6) is -0.526. The lowest BCUT2D eigenvalue weighted by Gasteiger charge is -2.15. The van der Waals surface area contributed by atoms with Gasteiger partial charge in [0, 0.05) is 30.0 Å². The summed E-state index contributed by atoms with van der Waals surface area (Å²) in [5.41, 5.74) is 2.65. The van der Waals surface area contributed by atoms with Gasteiger partial charge < -0.3 is 9.47 Å². The fourth-order valence-electron chi connectivity index (χ4n) is 2.71. The minimum atomic E-state index is -0.370. The van der Waals surface area contributed by atoms with Crippen molar-refractivity contribution in [2.75, 3.05) is 13.2 Å². The second kappa shape index (κ2) is 7.47. The van der Waals surface area contributed by atoms with Crippen molar-refractivity contribution in [1.29, 1.82) is 0 Å². The van der Waals surface area contributed by atoms with Crippen LogP contribution in [0.5, 0.6) is 0 Å². The summed E-state index contributed by atoms with van der Waals surface area (Å²) in [6.45, 7) is 3.02. The van der Waals surface area contributed by atoms with Crippen molar-refractivity contribution in [2.45, 2.75) is 19.6 Å². The monoisotopic (exact) mass is 327 g/mol. The highest BCUT2D eigenvalue weighted by Crippen LogP contribution is 2.27. The molecule has 0 amide bonds. The average Bonchev–Trinajstić information content (AvgIpc) is 3.09. The lowest BCUT2D eigenvalue weighted by molar-refractivity contribution is -0.0397. The maximum absolute atomic E-state index is 13.1. The zero-order valence-electron chi connectivity index (χ0n) is 13.4. The lowest BCUT2D eigenvalue weighted by atomic mass is 9.92. The third kappa shape index (κ3) is 3.75. The number of pyridine rings is 1. The number of halogens is 1. The van der Waals surface area contributed by atoms with Gasteiger partial charge in [0.15, 0.2) is 12.1 Å². The molecule has 0 bridgehead atoms. The van der Waals surface area contributed by atoms with Crippen LogP contribution in [-0.2, 0) is 9.47 Å². The van der Waals surface area contributed by atoms with Crippen molar-refractivity contribution in [1.82, 2.24) is 4.98 Å². The molecule has 2 heterocycles. The van der Waals surface area contributed by atoms with Crippen molar-refractivity contribution in [3.8, 4) is 0 Å². The van der Waals surface area contributed by atoms with Gasteiger partial charge in [-0.15, -0.1) is 0 Å². The molecule has 3 rings (SSSR count). The molecule has 0 saturated carbocycles. The lowest BCUT2D eigenvalue weighted by Crippen LogP contribution is -2.12. The van der Waals surface area contributed by atoms with E-state index in [0.717, 1.165) is 11.1 Å². The van der Waals surface area contributed by atoms with E-state index in [2.05, 4.69) is 4.98 Å². The number of Topliss-reactive ketones (excluding diaryl/α,β-unsaturated/α-hetero) is 1. The molecule has 5 heteroatoms. The first-order valence-electron chi connectivity index (χ1n) is 7.79. The zero-order chi connectivity index (χ0) is 16.9. The van der Waals surface area contributed by atoms with Crippen LogP contribution in [0.2, 0.25) is 0 Å². The molecule has 0 N–H and O–H groups in total. The number of nitrogens with zero attached hydrogens (tertiary/aromatic N) is 1. The maximum atomic E-state index is 13.1. The van der Waals surface area contributed by atoms with Gasteiger partial charge in [-0.05, 0) is 48.9 Å². The zero-order valence-corrected chi connectivity index (χ0v) is 13.4. The number of ketones is 1. The molecule has 0 atom stereocenters. The van der Waals surface area contributed by atoms with Crippen LogP contribution in [0.4, 0.5) is 4.39 Å². The van der Waals surface area contributed by atoms with E-state index in [1.165, 1.54) is 24.3 Å². The molecule has 4 nitrogen and oxygen atoms in total. The first kappa shape index (κ1) is 16.5. The Kier molecular flexibility index (Phi) is 5.13. The minimum Gasteiger partial charge on any atom is -0.350 e. The van der Waals surface area contributed by atoms with Crippen LogP contribution in [0, 0.1) is 5.82 Å². The van der Waals surface area contributed by atoms with Gasteiger partial charge in [0.25, 0.3) is 0 Å². The van der Waals surface area contributed by atoms with Gasteiger partial charge in [-0.1, -0.05) is 5.57 Å². The van der Waals surface area contributed by atoms with Crippen molar-refractivity contribution in [2.24, 2.45) is 0 Å². The van der Waals surface area contributed by atoms with Gasteiger partial charge in [0.2, 0.25) is 0 Å². The highest BCUT2D eigenvalue weighted by molar-refractivity contribution is 6.29. The van der Waals surface area contributed by atoms with Gasteiger partial charge in [-0.3, -0.25) is 9.78 Å². The molecular formula is C19H18FNO3. The standard InChI is InChI=1S/C19H18FNO3/c1-13(12-17-23-10-11-24-17)18(14-6-8-21-9-7-14)19(22)15-2-4-16(20)5-3-15/h2-9,17H,10-12H2,1H3/b18-13-. The summed E-state index contributed by atoms with van der Waals surface area (Å²) in [4.78, 5) is 17.0. The third-order valence-corrected chi connectivity index (χ3v) is 3.89. The first-order valence-corrected chi connectivity index (χ1v) is 7.79. The predicted octanol–water partition coefficient (Wildman–Crippen LogP) is 3.64. The smallest absolute Gasteiger partial charge is 0.193 e. The van der Waals surface area contributed by atoms with Crippen LogP contribution in [0.15, 0.2) is 54.4 Å². The Hall–Kier alpha value is -2.37. The molecule has 0 spiro atoms. The fourth-order valence-corrected chi connectivity index (χ4v) is 2.71. The second-order valence-electron chi connectivity index (χ2n) is 5.60. The number of allylic oxidation sites excluding steroid dienone is 1. The molecular weight excluding hydrogens is 309 g/mol. The normalized spacial score (nSPS) is 16.1. The molecule has 0 radical (unpaired) electrons. The van der Waals surface area contributed by atoms with Gasteiger partial charge in [-0.2, -0.15) is 0 Å². The molecule has 0 unspecified atom stereocenters. The Morgan fingerprint density at radius 1 is 1.08 bits per heavy atom. The molecule has 1 fully saturated rings. The molecule has 1 aromatic heterocycles. The summed E-state index contributed by atoms with van der Waals surface area (Å²) in [5, 5.41) is 0. The van der Waals surface area contributed by atoms with E-state index in [0.29, 0.717) is 30.8 Å². The third-order valence-electron chi connectivity index (χ3n) is 3.89. The Balaban J connectivity index is 1.98. The molecule has 0 aliphatic carbocycles. The maximum Gasteiger partial charge on any atom is 0.193 e. The van der Waals surface area contributed by atoms with Crippen LogP contribution in [0.1, 0.15) is 29.3 Å². The van der Waals surface area contributed by atoms with Crippen LogP contribution < -0.4 is 0 Å². The highest BCUT2D eigenvalue weighted by atomic mass is 19.1. The summed E-state index contributed by atoms with van der Waals surface area (Å²) in [6.07, 6.45) is 3.46. The Bertz CT molecular complexity index is 735. The molecule has 1 aromatic carbocycles. The Morgan fingerprint density at radius 2 is 1.71 bits per heavy atom. The molecule has 2 aromatic rings. The van der Waals surface area contributed by atoms with Crippen LogP contribution in [0.25, 0.3) is 5.57 Å². The van der Waals surface area contributed by atoms with Crippen molar-refractivity contribution in [3.63, 3.8) is 0 Å². The van der Waals surface area contributed by atoms with Gasteiger partial charge in [0.1, 0.15) is 5.82 Å². The van der Waals surface area contributed by atoms with Crippen molar-refractivity contribution in [3.05, 3.63) is 71.3 Å². The molecule has 24 heavy (non-hydrogen) atoms. The van der Waals surface area contributed by atoms with Gasteiger partial charge in [0.05, 0.1) is 13.2 Å². The Morgan fingerprint density at radius 3 is 2.33 bits per heavy atom. The Labute approximate surface area is 139 Å². The quantitative estimate of drug-likeness (QED) is 0.621. The second-order valence-corrected chi connectivity index (χ2v) is 5.60. The average molecular weight is 327 g/mol. The summed E-state index contributed by atoms with van der Waals surface area (Å²) in [6, 6.07) is 9.14. The first-order chi connectivity index (χ1) is 11.6. The number of benzene rings is 1. The van der Waals surface area contributed by atoms with E-state index in [1.807, 2.05) is 6.92 Å². The van der Waals surface area contributed by atoms with E-state index in [-0.39, 0.29) is 17.9 Å². The molecule has 1 aliphatic heterocycles. The summed E-state index contributed by atoms with van der Waals surface area (Å²) < 4.78 is 24.1. The van der Waals surface area contributed by atoms with Crippen molar-refractivity contribution < 1.29 is 18.7 Å². The van der Waals surface area contributed by atoms with E-state index in [1.54, 1.807) is 24.5 Å². The van der Waals surface area contributed by atoms with Crippen LogP contribution >= 0.6 is 0 Å². The fraction of sp³-hybridized carbons (Fsp3) is 0.263. The number of carbonyl (C=O) groups is 1. The number of carbonyl (C=O) groups excluding carboxylic acids is 1. The number of ether oxygens (including phenoxy) is 2. The minimum absolute atomic E-state index is 0.156. The predicted molar refractivity (Wildman–Crippen MR) is 87.9 cm³/mol. The number of rotatable bonds is 5. The number of hydrogen-bond donors (Lipinski definition) is 0. The summed E-state index contributed by atoms with van der Waals surface area (Å²) >= 11 is 0. The molecule has 1 saturated heterocycles. The van der Waals surface area contributed by atoms with E-state index in [9.17, 15) is 9.18 Å². The van der Waals surface area contributed by atoms with E-state index in [4.69, 9.17) is 9.47 Å². The highest BCUT2D eigenvalue weighted by Gasteiger charge is 2.22. The summed E-state index contributed by atoms with van der Waals surface area (Å²) in [7, 11) is 0. The van der Waals surface area contributed by atoms with Gasteiger partial charge in [-0.25, -0.2) is 4.39 Å².